The fourth-order valence-electron chi connectivity index (χ4n) is 1.80. The molecular formula is C12H11N3O. The van der Waals surface area contributed by atoms with Gasteiger partial charge in [0.25, 0.3) is 0 Å². The molecule has 80 valence electrons. The number of fused-ring (bicyclic) bond motifs is 1. The van der Waals surface area contributed by atoms with Gasteiger partial charge in [-0.1, -0.05) is 17.3 Å². The summed E-state index contributed by atoms with van der Waals surface area (Å²) in [6.07, 6.45) is 1.82. The number of imidazole rings is 1. The molecule has 1 aromatic carbocycles. The molecule has 0 radical (unpaired) electrons. The summed E-state index contributed by atoms with van der Waals surface area (Å²) < 4.78 is 7.24. The van der Waals surface area contributed by atoms with Crippen molar-refractivity contribution in [3.63, 3.8) is 0 Å². The summed E-state index contributed by atoms with van der Waals surface area (Å²) in [5.41, 5.74) is 3.01. The molecule has 2 heterocycles. The van der Waals surface area contributed by atoms with Gasteiger partial charge < -0.3 is 9.09 Å². The predicted molar refractivity (Wildman–Crippen MR) is 60.1 cm³/mol. The molecule has 0 aliphatic rings. The van der Waals surface area contributed by atoms with E-state index in [0.717, 1.165) is 22.5 Å². The molecule has 0 spiro atoms. The predicted octanol–water partition coefficient (Wildman–Crippen LogP) is 2.38. The highest BCUT2D eigenvalue weighted by Gasteiger charge is 2.05. The van der Waals surface area contributed by atoms with Gasteiger partial charge in [0.2, 0.25) is 0 Å². The van der Waals surface area contributed by atoms with Gasteiger partial charge >= 0.3 is 0 Å². The molecule has 3 aromatic rings. The standard InChI is InChI=1S/C12H11N3O/c1-9-6-10(16-14-9)7-15-8-13-11-4-2-3-5-12(11)15/h2-6,8H,7H2,1H3. The van der Waals surface area contributed by atoms with E-state index in [4.69, 9.17) is 4.52 Å². The van der Waals surface area contributed by atoms with Crippen LogP contribution in [0.2, 0.25) is 0 Å². The van der Waals surface area contributed by atoms with E-state index in [9.17, 15) is 0 Å². The molecule has 0 aliphatic heterocycles. The van der Waals surface area contributed by atoms with Crippen LogP contribution in [-0.2, 0) is 6.54 Å². The number of benzene rings is 1. The van der Waals surface area contributed by atoms with Crippen LogP contribution in [0.15, 0.2) is 41.2 Å². The van der Waals surface area contributed by atoms with Crippen molar-refractivity contribution in [1.29, 1.82) is 0 Å². The van der Waals surface area contributed by atoms with Crippen LogP contribution in [-0.4, -0.2) is 14.7 Å². The zero-order valence-corrected chi connectivity index (χ0v) is 8.92. The average Bonchev–Trinajstić information content (AvgIpc) is 2.87. The summed E-state index contributed by atoms with van der Waals surface area (Å²) in [4.78, 5) is 4.32. The summed E-state index contributed by atoms with van der Waals surface area (Å²) >= 11 is 0. The first-order valence-corrected chi connectivity index (χ1v) is 5.15. The van der Waals surface area contributed by atoms with Crippen molar-refractivity contribution >= 4 is 11.0 Å². The van der Waals surface area contributed by atoms with E-state index in [1.807, 2.05) is 43.6 Å². The largest absolute Gasteiger partial charge is 0.359 e. The lowest BCUT2D eigenvalue weighted by molar-refractivity contribution is 0.374. The van der Waals surface area contributed by atoms with Crippen LogP contribution in [0.4, 0.5) is 0 Å². The van der Waals surface area contributed by atoms with Crippen LogP contribution in [0, 0.1) is 6.92 Å². The maximum Gasteiger partial charge on any atom is 0.156 e. The highest BCUT2D eigenvalue weighted by atomic mass is 16.5. The Morgan fingerprint density at radius 1 is 1.31 bits per heavy atom. The van der Waals surface area contributed by atoms with Gasteiger partial charge in [-0.3, -0.25) is 0 Å². The molecule has 0 saturated carbocycles. The minimum atomic E-state index is 0.668. The Kier molecular flexibility index (Phi) is 1.99. The van der Waals surface area contributed by atoms with E-state index in [1.165, 1.54) is 0 Å². The second kappa shape index (κ2) is 3.48. The van der Waals surface area contributed by atoms with Crippen molar-refractivity contribution in [3.05, 3.63) is 48.1 Å². The Bertz CT molecular complexity index is 624. The minimum absolute atomic E-state index is 0.668. The first-order chi connectivity index (χ1) is 7.83. The Balaban J connectivity index is 2.00. The van der Waals surface area contributed by atoms with Crippen molar-refractivity contribution in [3.8, 4) is 0 Å². The normalized spacial score (nSPS) is 11.1. The third-order valence-corrected chi connectivity index (χ3v) is 2.53. The van der Waals surface area contributed by atoms with E-state index >= 15 is 0 Å². The monoisotopic (exact) mass is 213 g/mol. The summed E-state index contributed by atoms with van der Waals surface area (Å²) in [5.74, 6) is 0.848. The maximum absolute atomic E-state index is 5.19. The van der Waals surface area contributed by atoms with Crippen molar-refractivity contribution in [2.45, 2.75) is 13.5 Å². The van der Waals surface area contributed by atoms with E-state index in [0.29, 0.717) is 6.54 Å². The Morgan fingerprint density at radius 3 is 3.00 bits per heavy atom. The fourth-order valence-corrected chi connectivity index (χ4v) is 1.80. The van der Waals surface area contributed by atoms with Crippen LogP contribution in [0.5, 0.6) is 0 Å². The highest BCUT2D eigenvalue weighted by Crippen LogP contribution is 2.14. The molecule has 3 rings (SSSR count). The average molecular weight is 213 g/mol. The van der Waals surface area contributed by atoms with Crippen LogP contribution in [0.25, 0.3) is 11.0 Å². The van der Waals surface area contributed by atoms with Crippen molar-refractivity contribution in [2.75, 3.05) is 0 Å². The fraction of sp³-hybridized carbons (Fsp3) is 0.167. The van der Waals surface area contributed by atoms with Crippen LogP contribution in [0.3, 0.4) is 0 Å². The lowest BCUT2D eigenvalue weighted by atomic mass is 10.3. The van der Waals surface area contributed by atoms with Gasteiger partial charge in [0, 0.05) is 6.07 Å². The second-order valence-electron chi connectivity index (χ2n) is 3.80. The zero-order chi connectivity index (χ0) is 11.0. The molecule has 4 heteroatoms. The number of aromatic nitrogens is 3. The summed E-state index contributed by atoms with van der Waals surface area (Å²) in [7, 11) is 0. The van der Waals surface area contributed by atoms with Crippen molar-refractivity contribution in [2.24, 2.45) is 0 Å². The number of rotatable bonds is 2. The van der Waals surface area contributed by atoms with Gasteiger partial charge in [0.05, 0.1) is 29.6 Å². The topological polar surface area (TPSA) is 43.9 Å². The third kappa shape index (κ3) is 1.48. The number of hydrogen-bond donors (Lipinski definition) is 0. The molecule has 16 heavy (non-hydrogen) atoms. The molecule has 0 atom stereocenters. The lowest BCUT2D eigenvalue weighted by Crippen LogP contribution is -1.95. The molecule has 0 fully saturated rings. The summed E-state index contributed by atoms with van der Waals surface area (Å²) in [6.45, 7) is 2.58. The van der Waals surface area contributed by atoms with E-state index in [1.54, 1.807) is 0 Å². The molecule has 2 aromatic heterocycles. The zero-order valence-electron chi connectivity index (χ0n) is 8.92. The van der Waals surface area contributed by atoms with Crippen LogP contribution < -0.4 is 0 Å². The Labute approximate surface area is 92.5 Å². The van der Waals surface area contributed by atoms with Gasteiger partial charge in [-0.05, 0) is 19.1 Å². The second-order valence-corrected chi connectivity index (χ2v) is 3.80. The summed E-state index contributed by atoms with van der Waals surface area (Å²) in [5, 5.41) is 3.87. The smallest absolute Gasteiger partial charge is 0.156 e. The summed E-state index contributed by atoms with van der Waals surface area (Å²) in [6, 6.07) is 9.97. The van der Waals surface area contributed by atoms with Crippen molar-refractivity contribution in [1.82, 2.24) is 14.7 Å². The SMILES string of the molecule is Cc1cc(Cn2cnc3ccccc32)on1. The molecule has 0 unspecified atom stereocenters. The Morgan fingerprint density at radius 2 is 2.19 bits per heavy atom. The molecule has 0 aliphatic carbocycles. The maximum atomic E-state index is 5.19. The molecule has 4 nitrogen and oxygen atoms in total. The van der Waals surface area contributed by atoms with E-state index in [-0.39, 0.29) is 0 Å². The van der Waals surface area contributed by atoms with Crippen molar-refractivity contribution < 1.29 is 4.52 Å². The molecule has 0 amide bonds. The first kappa shape index (κ1) is 9.15. The number of hydrogen-bond acceptors (Lipinski definition) is 3. The van der Waals surface area contributed by atoms with Gasteiger partial charge in [0.1, 0.15) is 0 Å². The first-order valence-electron chi connectivity index (χ1n) is 5.15. The third-order valence-electron chi connectivity index (χ3n) is 2.53. The number of para-hydroxylation sites is 2. The molecule has 0 N–H and O–H groups in total. The number of aryl methyl sites for hydroxylation is 1. The van der Waals surface area contributed by atoms with E-state index in [2.05, 4.69) is 14.7 Å². The molecule has 0 bridgehead atoms. The minimum Gasteiger partial charge on any atom is -0.359 e. The molecular weight excluding hydrogens is 202 g/mol. The van der Waals surface area contributed by atoms with Gasteiger partial charge in [-0.2, -0.15) is 0 Å². The lowest BCUT2D eigenvalue weighted by Gasteiger charge is -1.99. The molecule has 0 saturated heterocycles. The van der Waals surface area contributed by atoms with Gasteiger partial charge in [0.15, 0.2) is 5.76 Å². The quantitative estimate of drug-likeness (QED) is 0.656. The number of nitrogens with zero attached hydrogens (tertiary/aromatic N) is 3. The van der Waals surface area contributed by atoms with Crippen LogP contribution >= 0.6 is 0 Å². The Hall–Kier alpha value is -2.10. The van der Waals surface area contributed by atoms with E-state index < -0.39 is 0 Å². The van der Waals surface area contributed by atoms with Gasteiger partial charge in [-0.25, -0.2) is 4.98 Å². The van der Waals surface area contributed by atoms with Crippen LogP contribution in [0.1, 0.15) is 11.5 Å². The van der Waals surface area contributed by atoms with Gasteiger partial charge in [-0.15, -0.1) is 0 Å². The highest BCUT2D eigenvalue weighted by molar-refractivity contribution is 5.74.